The zero-order chi connectivity index (χ0) is 13.1. The van der Waals surface area contributed by atoms with Crippen molar-refractivity contribution in [3.05, 3.63) is 22.8 Å². The molecule has 0 aliphatic carbocycles. The Morgan fingerprint density at radius 1 is 1.33 bits per heavy atom. The molecular formula is C13H17BrN2O2. The molecule has 0 atom stereocenters. The summed E-state index contributed by atoms with van der Waals surface area (Å²) in [7, 11) is 1.90. The number of aromatic nitrogens is 2. The first-order chi connectivity index (χ1) is 8.58. The number of rotatable bonds is 5. The molecule has 0 amide bonds. The summed E-state index contributed by atoms with van der Waals surface area (Å²) in [5.41, 5.74) is 0.872. The molecule has 18 heavy (non-hydrogen) atoms. The van der Waals surface area contributed by atoms with Crippen LogP contribution in [-0.4, -0.2) is 29.1 Å². The van der Waals surface area contributed by atoms with E-state index in [9.17, 15) is 0 Å². The van der Waals surface area contributed by atoms with Gasteiger partial charge in [0.1, 0.15) is 17.9 Å². The van der Waals surface area contributed by atoms with Crippen molar-refractivity contribution >= 4 is 26.8 Å². The molecule has 0 saturated heterocycles. The van der Waals surface area contributed by atoms with E-state index in [2.05, 4.69) is 21.0 Å². The van der Waals surface area contributed by atoms with E-state index in [0.717, 1.165) is 21.1 Å². The van der Waals surface area contributed by atoms with E-state index in [4.69, 9.17) is 9.47 Å². The summed E-state index contributed by atoms with van der Waals surface area (Å²) in [6.07, 6.45) is 2.20. The van der Waals surface area contributed by atoms with Gasteiger partial charge in [-0.2, -0.15) is 5.10 Å². The number of hydrogen-bond donors (Lipinski definition) is 0. The number of nitrogens with zero attached hydrogens (tertiary/aromatic N) is 2. The van der Waals surface area contributed by atoms with Crippen molar-refractivity contribution in [2.24, 2.45) is 7.05 Å². The molecule has 0 bridgehead atoms. The van der Waals surface area contributed by atoms with Crippen LogP contribution in [0, 0.1) is 0 Å². The largest absolute Gasteiger partial charge is 0.489 e. The van der Waals surface area contributed by atoms with Gasteiger partial charge in [-0.15, -0.1) is 0 Å². The van der Waals surface area contributed by atoms with Crippen molar-refractivity contribution < 1.29 is 9.47 Å². The van der Waals surface area contributed by atoms with E-state index in [0.29, 0.717) is 13.2 Å². The van der Waals surface area contributed by atoms with Crippen LogP contribution >= 0.6 is 15.9 Å². The molecule has 0 unspecified atom stereocenters. The predicted molar refractivity (Wildman–Crippen MR) is 75.0 cm³/mol. The van der Waals surface area contributed by atoms with Crippen molar-refractivity contribution in [1.29, 1.82) is 0 Å². The summed E-state index contributed by atoms with van der Waals surface area (Å²) in [5, 5.41) is 5.46. The maximum Gasteiger partial charge on any atom is 0.147 e. The highest BCUT2D eigenvalue weighted by Gasteiger charge is 2.09. The van der Waals surface area contributed by atoms with Crippen LogP contribution in [0.1, 0.15) is 13.8 Å². The number of aryl methyl sites for hydroxylation is 1. The van der Waals surface area contributed by atoms with E-state index in [1.807, 2.05) is 39.2 Å². The van der Waals surface area contributed by atoms with Gasteiger partial charge in [0, 0.05) is 23.1 Å². The fourth-order valence-corrected chi connectivity index (χ4v) is 2.14. The van der Waals surface area contributed by atoms with Crippen LogP contribution in [0.15, 0.2) is 22.8 Å². The minimum Gasteiger partial charge on any atom is -0.489 e. The second kappa shape index (κ2) is 5.71. The Labute approximate surface area is 115 Å². The summed E-state index contributed by atoms with van der Waals surface area (Å²) in [6, 6.07) is 3.90. The van der Waals surface area contributed by atoms with E-state index in [-0.39, 0.29) is 6.10 Å². The van der Waals surface area contributed by atoms with Crippen LogP contribution in [0.2, 0.25) is 0 Å². The number of ether oxygens (including phenoxy) is 2. The van der Waals surface area contributed by atoms with Crippen LogP contribution in [0.3, 0.4) is 0 Å². The number of benzene rings is 1. The van der Waals surface area contributed by atoms with Gasteiger partial charge in [-0.1, -0.05) is 15.9 Å². The van der Waals surface area contributed by atoms with Gasteiger partial charge >= 0.3 is 0 Å². The molecule has 5 heteroatoms. The van der Waals surface area contributed by atoms with Crippen molar-refractivity contribution in [2.45, 2.75) is 20.0 Å². The standard InChI is InChI=1S/C13H17BrN2O2/c1-9(2)17-6-7-18-12-5-4-11(14)10-8-16(3)15-13(10)12/h4-5,8-9H,6-7H2,1-3H3. The molecule has 2 aromatic rings. The monoisotopic (exact) mass is 312 g/mol. The first kappa shape index (κ1) is 13.4. The lowest BCUT2D eigenvalue weighted by molar-refractivity contribution is 0.0555. The maximum atomic E-state index is 5.72. The second-order valence-corrected chi connectivity index (χ2v) is 5.23. The van der Waals surface area contributed by atoms with Crippen molar-refractivity contribution in [3.63, 3.8) is 0 Å². The summed E-state index contributed by atoms with van der Waals surface area (Å²) in [6.45, 7) is 5.14. The third-order valence-corrected chi connectivity index (χ3v) is 3.18. The van der Waals surface area contributed by atoms with Crippen LogP contribution in [0.25, 0.3) is 10.9 Å². The molecule has 98 valence electrons. The Bertz CT molecular complexity index is 537. The highest BCUT2D eigenvalue weighted by atomic mass is 79.9. The normalized spacial score (nSPS) is 11.4. The lowest BCUT2D eigenvalue weighted by atomic mass is 10.2. The molecule has 0 fully saturated rings. The van der Waals surface area contributed by atoms with Gasteiger partial charge in [0.15, 0.2) is 0 Å². The molecular weight excluding hydrogens is 296 g/mol. The van der Waals surface area contributed by atoms with Crippen LogP contribution in [0.5, 0.6) is 5.75 Å². The third kappa shape index (κ3) is 3.03. The van der Waals surface area contributed by atoms with Gasteiger partial charge in [0.25, 0.3) is 0 Å². The summed E-state index contributed by atoms with van der Waals surface area (Å²) < 4.78 is 14.0. The highest BCUT2D eigenvalue weighted by molar-refractivity contribution is 9.10. The van der Waals surface area contributed by atoms with Gasteiger partial charge in [-0.05, 0) is 26.0 Å². The molecule has 1 heterocycles. The Hall–Kier alpha value is -1.07. The van der Waals surface area contributed by atoms with E-state index < -0.39 is 0 Å². The minimum absolute atomic E-state index is 0.230. The molecule has 0 N–H and O–H groups in total. The number of hydrogen-bond acceptors (Lipinski definition) is 3. The number of fused-ring (bicyclic) bond motifs is 1. The Morgan fingerprint density at radius 2 is 2.11 bits per heavy atom. The first-order valence-electron chi connectivity index (χ1n) is 5.94. The molecule has 0 spiro atoms. The van der Waals surface area contributed by atoms with Gasteiger partial charge in [0.2, 0.25) is 0 Å². The Kier molecular flexibility index (Phi) is 4.24. The van der Waals surface area contributed by atoms with E-state index in [1.54, 1.807) is 4.68 Å². The summed E-state index contributed by atoms with van der Waals surface area (Å²) in [5.74, 6) is 0.793. The van der Waals surface area contributed by atoms with Crippen LogP contribution in [-0.2, 0) is 11.8 Å². The topological polar surface area (TPSA) is 36.3 Å². The van der Waals surface area contributed by atoms with Crippen LogP contribution < -0.4 is 4.74 Å². The fourth-order valence-electron chi connectivity index (χ4n) is 1.71. The van der Waals surface area contributed by atoms with Gasteiger partial charge in [-0.3, -0.25) is 4.68 Å². The molecule has 0 aliphatic rings. The second-order valence-electron chi connectivity index (χ2n) is 4.38. The summed E-state index contributed by atoms with van der Waals surface area (Å²) >= 11 is 3.51. The molecule has 0 radical (unpaired) electrons. The first-order valence-corrected chi connectivity index (χ1v) is 6.73. The molecule has 1 aromatic carbocycles. The van der Waals surface area contributed by atoms with Crippen molar-refractivity contribution in [3.8, 4) is 5.75 Å². The Morgan fingerprint density at radius 3 is 2.83 bits per heavy atom. The molecule has 4 nitrogen and oxygen atoms in total. The fraction of sp³-hybridized carbons (Fsp3) is 0.462. The maximum absolute atomic E-state index is 5.72. The van der Waals surface area contributed by atoms with Crippen molar-refractivity contribution in [2.75, 3.05) is 13.2 Å². The quantitative estimate of drug-likeness (QED) is 0.796. The van der Waals surface area contributed by atoms with E-state index >= 15 is 0 Å². The lowest BCUT2D eigenvalue weighted by Gasteiger charge is -2.09. The van der Waals surface area contributed by atoms with Gasteiger partial charge < -0.3 is 9.47 Å². The molecule has 0 saturated carbocycles. The van der Waals surface area contributed by atoms with Gasteiger partial charge in [0.05, 0.1) is 12.7 Å². The average molecular weight is 313 g/mol. The minimum atomic E-state index is 0.230. The summed E-state index contributed by atoms with van der Waals surface area (Å²) in [4.78, 5) is 0. The molecule has 0 aliphatic heterocycles. The smallest absolute Gasteiger partial charge is 0.147 e. The van der Waals surface area contributed by atoms with E-state index in [1.165, 1.54) is 0 Å². The Balaban J connectivity index is 2.11. The zero-order valence-corrected chi connectivity index (χ0v) is 12.4. The lowest BCUT2D eigenvalue weighted by Crippen LogP contribution is -2.11. The predicted octanol–water partition coefficient (Wildman–Crippen LogP) is 3.14. The van der Waals surface area contributed by atoms with Crippen molar-refractivity contribution in [1.82, 2.24) is 9.78 Å². The number of halogens is 1. The van der Waals surface area contributed by atoms with Crippen LogP contribution in [0.4, 0.5) is 0 Å². The van der Waals surface area contributed by atoms with Gasteiger partial charge in [-0.25, -0.2) is 0 Å². The molecule has 1 aromatic heterocycles. The average Bonchev–Trinajstić information content (AvgIpc) is 2.69. The SMILES string of the molecule is CC(C)OCCOc1ccc(Br)c2cn(C)nc12. The third-order valence-electron chi connectivity index (χ3n) is 2.49. The molecule has 2 rings (SSSR count). The highest BCUT2D eigenvalue weighted by Crippen LogP contribution is 2.30. The zero-order valence-electron chi connectivity index (χ0n) is 10.8.